The monoisotopic (exact) mass is 232 g/mol. The summed E-state index contributed by atoms with van der Waals surface area (Å²) in [6, 6.07) is 7.99. The smallest absolute Gasteiger partial charge is 0.328 e. The van der Waals surface area contributed by atoms with Gasteiger partial charge < -0.3 is 15.7 Å². The average Bonchev–Trinajstić information content (AvgIpc) is 2.73. The van der Waals surface area contributed by atoms with Gasteiger partial charge in [-0.15, -0.1) is 0 Å². The second-order valence-corrected chi connectivity index (χ2v) is 4.23. The van der Waals surface area contributed by atoms with Gasteiger partial charge in [0.15, 0.2) is 0 Å². The van der Waals surface area contributed by atoms with Crippen molar-refractivity contribution in [3.63, 3.8) is 0 Å². The molecule has 0 bridgehead atoms. The maximum Gasteiger partial charge on any atom is 0.328 e. The highest BCUT2D eigenvalue weighted by atomic mass is 16.4. The van der Waals surface area contributed by atoms with Crippen LogP contribution in [0, 0.1) is 0 Å². The molecular formula is C13H16N2O2. The molecule has 4 nitrogen and oxygen atoms in total. The Bertz CT molecular complexity index is 443. The summed E-state index contributed by atoms with van der Waals surface area (Å²) in [4.78, 5) is 12.7. The van der Waals surface area contributed by atoms with E-state index in [0.717, 1.165) is 36.8 Å². The molecule has 0 spiro atoms. The molecule has 1 fully saturated rings. The standard InChI is InChI=1S/C13H16N2O2/c14-11-7-8-15(9-11)12-4-2-1-3-10(12)5-6-13(16)17/h1-6,11H,7-9,14H2,(H,16,17). The molecule has 3 N–H and O–H groups in total. The summed E-state index contributed by atoms with van der Waals surface area (Å²) in [5.41, 5.74) is 7.85. The van der Waals surface area contributed by atoms with E-state index in [1.807, 2.05) is 24.3 Å². The summed E-state index contributed by atoms with van der Waals surface area (Å²) >= 11 is 0. The zero-order chi connectivity index (χ0) is 12.3. The van der Waals surface area contributed by atoms with Crippen LogP contribution < -0.4 is 10.6 Å². The number of hydrogen-bond donors (Lipinski definition) is 2. The number of rotatable bonds is 3. The maximum absolute atomic E-state index is 10.5. The van der Waals surface area contributed by atoms with Crippen LogP contribution in [0.4, 0.5) is 5.69 Å². The van der Waals surface area contributed by atoms with Crippen LogP contribution >= 0.6 is 0 Å². The summed E-state index contributed by atoms with van der Waals surface area (Å²) < 4.78 is 0. The molecule has 1 atom stereocenters. The number of para-hydroxylation sites is 1. The number of nitrogens with zero attached hydrogens (tertiary/aromatic N) is 1. The Labute approximate surface area is 100 Å². The lowest BCUT2D eigenvalue weighted by molar-refractivity contribution is -0.131. The summed E-state index contributed by atoms with van der Waals surface area (Å²) in [5.74, 6) is -0.932. The highest BCUT2D eigenvalue weighted by molar-refractivity contribution is 5.87. The molecule has 0 radical (unpaired) electrons. The zero-order valence-corrected chi connectivity index (χ0v) is 9.54. The molecule has 1 aliphatic rings. The first kappa shape index (κ1) is 11.7. The third kappa shape index (κ3) is 2.85. The molecule has 17 heavy (non-hydrogen) atoms. The van der Waals surface area contributed by atoms with Crippen LogP contribution in [0.15, 0.2) is 30.3 Å². The molecule has 1 aliphatic heterocycles. The van der Waals surface area contributed by atoms with Crippen molar-refractivity contribution in [1.82, 2.24) is 0 Å². The van der Waals surface area contributed by atoms with Crippen molar-refractivity contribution in [2.24, 2.45) is 5.73 Å². The molecule has 2 rings (SSSR count). The quantitative estimate of drug-likeness (QED) is 0.771. The number of aliphatic carboxylic acids is 1. The molecule has 0 saturated carbocycles. The Morgan fingerprint density at radius 2 is 2.24 bits per heavy atom. The molecule has 0 aromatic heterocycles. The summed E-state index contributed by atoms with van der Waals surface area (Å²) in [6.07, 6.45) is 3.77. The topological polar surface area (TPSA) is 66.6 Å². The van der Waals surface area contributed by atoms with E-state index >= 15 is 0 Å². The Morgan fingerprint density at radius 3 is 2.88 bits per heavy atom. The summed E-state index contributed by atoms with van der Waals surface area (Å²) in [6.45, 7) is 1.76. The normalized spacial score (nSPS) is 20.1. The minimum atomic E-state index is -0.932. The van der Waals surface area contributed by atoms with E-state index in [1.165, 1.54) is 0 Å². The highest BCUT2D eigenvalue weighted by Gasteiger charge is 2.20. The predicted octanol–water partition coefficient (Wildman–Crippen LogP) is 1.32. The van der Waals surface area contributed by atoms with Crippen LogP contribution in [-0.2, 0) is 4.79 Å². The van der Waals surface area contributed by atoms with E-state index in [4.69, 9.17) is 10.8 Å². The van der Waals surface area contributed by atoms with Crippen LogP contribution in [0.3, 0.4) is 0 Å². The van der Waals surface area contributed by atoms with Crippen molar-refractivity contribution in [2.75, 3.05) is 18.0 Å². The van der Waals surface area contributed by atoms with Gasteiger partial charge in [-0.2, -0.15) is 0 Å². The molecular weight excluding hydrogens is 216 g/mol. The van der Waals surface area contributed by atoms with Crippen LogP contribution in [0.25, 0.3) is 6.08 Å². The fourth-order valence-electron chi connectivity index (χ4n) is 2.08. The van der Waals surface area contributed by atoms with Crippen molar-refractivity contribution in [3.8, 4) is 0 Å². The van der Waals surface area contributed by atoms with E-state index in [9.17, 15) is 4.79 Å². The molecule has 1 aromatic rings. The largest absolute Gasteiger partial charge is 0.478 e. The van der Waals surface area contributed by atoms with Crippen LogP contribution in [0.2, 0.25) is 0 Å². The van der Waals surface area contributed by atoms with Gasteiger partial charge in [-0.3, -0.25) is 0 Å². The second kappa shape index (κ2) is 5.01. The van der Waals surface area contributed by atoms with Crippen LogP contribution in [-0.4, -0.2) is 30.2 Å². The minimum Gasteiger partial charge on any atom is -0.478 e. The molecule has 0 amide bonds. The van der Waals surface area contributed by atoms with Crippen LogP contribution in [0.1, 0.15) is 12.0 Å². The van der Waals surface area contributed by atoms with Gasteiger partial charge in [-0.25, -0.2) is 4.79 Å². The summed E-state index contributed by atoms with van der Waals surface area (Å²) in [5, 5.41) is 8.65. The summed E-state index contributed by atoms with van der Waals surface area (Å²) in [7, 11) is 0. The zero-order valence-electron chi connectivity index (χ0n) is 9.54. The molecule has 4 heteroatoms. The Balaban J connectivity index is 2.24. The van der Waals surface area contributed by atoms with Crippen molar-refractivity contribution >= 4 is 17.7 Å². The molecule has 0 aliphatic carbocycles. The number of nitrogens with two attached hydrogens (primary N) is 1. The lowest BCUT2D eigenvalue weighted by Crippen LogP contribution is -2.26. The maximum atomic E-state index is 10.5. The van der Waals surface area contributed by atoms with Gasteiger partial charge in [0.2, 0.25) is 0 Å². The Morgan fingerprint density at radius 1 is 1.47 bits per heavy atom. The molecule has 90 valence electrons. The van der Waals surface area contributed by atoms with Crippen molar-refractivity contribution < 1.29 is 9.90 Å². The molecule has 1 saturated heterocycles. The van der Waals surface area contributed by atoms with Crippen molar-refractivity contribution in [2.45, 2.75) is 12.5 Å². The number of benzene rings is 1. The van der Waals surface area contributed by atoms with Gasteiger partial charge in [0.25, 0.3) is 0 Å². The van der Waals surface area contributed by atoms with Gasteiger partial charge in [-0.05, 0) is 24.1 Å². The van der Waals surface area contributed by atoms with Crippen LogP contribution in [0.5, 0.6) is 0 Å². The van der Waals surface area contributed by atoms with E-state index in [-0.39, 0.29) is 6.04 Å². The van der Waals surface area contributed by atoms with E-state index in [1.54, 1.807) is 6.08 Å². The lowest BCUT2D eigenvalue weighted by Gasteiger charge is -2.20. The minimum absolute atomic E-state index is 0.214. The lowest BCUT2D eigenvalue weighted by atomic mass is 10.1. The van der Waals surface area contributed by atoms with Gasteiger partial charge in [0.1, 0.15) is 0 Å². The molecule has 1 heterocycles. The van der Waals surface area contributed by atoms with Gasteiger partial charge in [0, 0.05) is 30.9 Å². The van der Waals surface area contributed by atoms with Crippen molar-refractivity contribution in [3.05, 3.63) is 35.9 Å². The third-order valence-electron chi connectivity index (χ3n) is 2.91. The third-order valence-corrected chi connectivity index (χ3v) is 2.91. The Kier molecular flexibility index (Phi) is 3.44. The number of carbonyl (C=O) groups is 1. The molecule has 1 unspecified atom stereocenters. The average molecular weight is 232 g/mol. The fraction of sp³-hybridized carbons (Fsp3) is 0.308. The highest BCUT2D eigenvalue weighted by Crippen LogP contribution is 2.25. The van der Waals surface area contributed by atoms with E-state index in [0.29, 0.717) is 0 Å². The number of hydrogen-bond acceptors (Lipinski definition) is 3. The van der Waals surface area contributed by atoms with Crippen molar-refractivity contribution in [1.29, 1.82) is 0 Å². The first-order valence-corrected chi connectivity index (χ1v) is 5.67. The fourth-order valence-corrected chi connectivity index (χ4v) is 2.08. The Hall–Kier alpha value is -1.81. The van der Waals surface area contributed by atoms with E-state index < -0.39 is 5.97 Å². The molecule has 1 aromatic carbocycles. The van der Waals surface area contributed by atoms with Gasteiger partial charge >= 0.3 is 5.97 Å². The SMILES string of the molecule is NC1CCN(c2ccccc2C=CC(=O)O)C1. The first-order valence-electron chi connectivity index (χ1n) is 5.67. The number of carboxylic acid groups (broad SMARTS) is 1. The number of carboxylic acids is 1. The van der Waals surface area contributed by atoms with Gasteiger partial charge in [-0.1, -0.05) is 18.2 Å². The second-order valence-electron chi connectivity index (χ2n) is 4.23. The number of anilines is 1. The van der Waals surface area contributed by atoms with Gasteiger partial charge in [0.05, 0.1) is 0 Å². The predicted molar refractivity (Wildman–Crippen MR) is 67.9 cm³/mol. The first-order chi connectivity index (χ1) is 8.16. The van der Waals surface area contributed by atoms with E-state index in [2.05, 4.69) is 4.90 Å².